The van der Waals surface area contributed by atoms with Gasteiger partial charge in [0, 0.05) is 5.41 Å². The van der Waals surface area contributed by atoms with E-state index in [9.17, 15) is 4.79 Å². The Morgan fingerprint density at radius 1 is 1.50 bits per heavy atom. The van der Waals surface area contributed by atoms with Crippen LogP contribution in [-0.2, 0) is 5.41 Å². The van der Waals surface area contributed by atoms with Gasteiger partial charge in [-0.3, -0.25) is 4.79 Å². The van der Waals surface area contributed by atoms with Crippen LogP contribution in [0.15, 0.2) is 4.52 Å². The van der Waals surface area contributed by atoms with Gasteiger partial charge in [-0.05, 0) is 0 Å². The number of hydrogen-bond donors (Lipinski definition) is 1. The number of nitrogens with zero attached hydrogens (tertiary/aromatic N) is 1. The topological polar surface area (TPSA) is 63.3 Å². The molecule has 0 unspecified atom stereocenters. The molecule has 0 spiro atoms. The van der Waals surface area contributed by atoms with Crippen molar-refractivity contribution in [2.45, 2.75) is 26.2 Å². The highest BCUT2D eigenvalue weighted by Gasteiger charge is 2.25. The lowest BCUT2D eigenvalue weighted by Crippen LogP contribution is -2.13. The lowest BCUT2D eigenvalue weighted by molar-refractivity contribution is 0.111. The summed E-state index contributed by atoms with van der Waals surface area (Å²) in [5, 5.41) is 12.6. The minimum Gasteiger partial charge on any atom is -0.479 e. The average Bonchev–Trinajstić information content (AvgIpc) is 2.29. The van der Waals surface area contributed by atoms with Crippen molar-refractivity contribution >= 4 is 6.29 Å². The van der Waals surface area contributed by atoms with Crippen LogP contribution in [0.5, 0.6) is 5.95 Å². The Labute approximate surface area is 70.2 Å². The van der Waals surface area contributed by atoms with E-state index >= 15 is 0 Å². The lowest BCUT2D eigenvalue weighted by atomic mass is 9.90. The second-order valence-corrected chi connectivity index (χ2v) is 3.62. The van der Waals surface area contributed by atoms with Crippen LogP contribution in [0, 0.1) is 0 Å². The Balaban J connectivity index is 3.25. The van der Waals surface area contributed by atoms with Gasteiger partial charge in [0.2, 0.25) is 0 Å². The molecule has 1 aromatic heterocycles. The van der Waals surface area contributed by atoms with Crippen molar-refractivity contribution in [2.75, 3.05) is 0 Å². The molecule has 0 aliphatic rings. The molecule has 4 heteroatoms. The third-order valence-corrected chi connectivity index (χ3v) is 1.54. The van der Waals surface area contributed by atoms with E-state index in [0.29, 0.717) is 12.0 Å². The van der Waals surface area contributed by atoms with Crippen LogP contribution in [0.3, 0.4) is 0 Å². The van der Waals surface area contributed by atoms with E-state index in [4.69, 9.17) is 5.11 Å². The maximum absolute atomic E-state index is 10.5. The first kappa shape index (κ1) is 8.77. The molecule has 0 aromatic carbocycles. The number of aromatic nitrogens is 1. The van der Waals surface area contributed by atoms with E-state index < -0.39 is 5.95 Å². The van der Waals surface area contributed by atoms with Crippen molar-refractivity contribution in [3.63, 3.8) is 0 Å². The fraction of sp³-hybridized carbons (Fsp3) is 0.500. The molecule has 1 rings (SSSR count). The molecular weight excluding hydrogens is 158 g/mol. The zero-order valence-electron chi connectivity index (χ0n) is 7.29. The molecule has 0 saturated heterocycles. The molecule has 1 heterocycles. The summed E-state index contributed by atoms with van der Waals surface area (Å²) in [6, 6.07) is 0. The van der Waals surface area contributed by atoms with Gasteiger partial charge in [-0.1, -0.05) is 25.9 Å². The minimum absolute atomic E-state index is 0.141. The molecule has 0 fully saturated rings. The number of rotatable bonds is 1. The summed E-state index contributed by atoms with van der Waals surface area (Å²) >= 11 is 0. The zero-order chi connectivity index (χ0) is 9.35. The number of aldehydes is 1. The molecule has 1 N–H and O–H groups in total. The third-order valence-electron chi connectivity index (χ3n) is 1.54. The number of carbonyl (C=O) groups excluding carboxylic acids is 1. The molecule has 66 valence electrons. The monoisotopic (exact) mass is 169 g/mol. The SMILES string of the molecule is CC(C)(C)c1noc(O)c1C=O. The normalized spacial score (nSPS) is 11.6. The van der Waals surface area contributed by atoms with Crippen LogP contribution < -0.4 is 0 Å². The molecule has 0 aliphatic carbocycles. The minimum atomic E-state index is -0.407. The van der Waals surface area contributed by atoms with Gasteiger partial charge in [0.15, 0.2) is 6.29 Å². The van der Waals surface area contributed by atoms with Gasteiger partial charge in [-0.25, -0.2) is 0 Å². The van der Waals surface area contributed by atoms with E-state index in [1.54, 1.807) is 0 Å². The molecule has 0 aliphatic heterocycles. The molecular formula is C8H11NO3. The quantitative estimate of drug-likeness (QED) is 0.647. The maximum atomic E-state index is 10.5. The first-order valence-corrected chi connectivity index (χ1v) is 3.61. The van der Waals surface area contributed by atoms with Crippen LogP contribution >= 0.6 is 0 Å². The van der Waals surface area contributed by atoms with Crippen molar-refractivity contribution < 1.29 is 14.4 Å². The third kappa shape index (κ3) is 1.32. The predicted octanol–water partition coefficient (Wildman–Crippen LogP) is 1.49. The zero-order valence-corrected chi connectivity index (χ0v) is 7.29. The van der Waals surface area contributed by atoms with Crippen molar-refractivity contribution in [1.29, 1.82) is 0 Å². The van der Waals surface area contributed by atoms with Crippen molar-refractivity contribution in [3.8, 4) is 5.95 Å². The van der Waals surface area contributed by atoms with Gasteiger partial charge in [0.1, 0.15) is 11.3 Å². The summed E-state index contributed by atoms with van der Waals surface area (Å²) in [4.78, 5) is 10.5. The van der Waals surface area contributed by atoms with Gasteiger partial charge in [0.25, 0.3) is 0 Å². The largest absolute Gasteiger partial charge is 0.479 e. The molecule has 0 atom stereocenters. The summed E-state index contributed by atoms with van der Waals surface area (Å²) in [7, 11) is 0. The van der Waals surface area contributed by atoms with Gasteiger partial charge < -0.3 is 9.63 Å². The fourth-order valence-corrected chi connectivity index (χ4v) is 0.936. The van der Waals surface area contributed by atoms with E-state index in [2.05, 4.69) is 9.68 Å². The Kier molecular flexibility index (Phi) is 1.92. The van der Waals surface area contributed by atoms with Crippen molar-refractivity contribution in [3.05, 3.63) is 11.3 Å². The highest BCUT2D eigenvalue weighted by atomic mass is 16.5. The molecule has 12 heavy (non-hydrogen) atoms. The highest BCUT2D eigenvalue weighted by Crippen LogP contribution is 2.28. The lowest BCUT2D eigenvalue weighted by Gasteiger charge is -2.13. The standard InChI is InChI=1S/C8H11NO3/c1-8(2,3)6-5(4-10)7(11)12-9-6/h4,11H,1-3H3. The number of carbonyl (C=O) groups is 1. The predicted molar refractivity (Wildman–Crippen MR) is 42.3 cm³/mol. The Morgan fingerprint density at radius 2 is 2.08 bits per heavy atom. The van der Waals surface area contributed by atoms with Crippen molar-refractivity contribution in [2.24, 2.45) is 0 Å². The second kappa shape index (κ2) is 2.62. The number of hydrogen-bond acceptors (Lipinski definition) is 4. The van der Waals surface area contributed by atoms with Crippen LogP contribution in [0.1, 0.15) is 36.8 Å². The fourth-order valence-electron chi connectivity index (χ4n) is 0.936. The average molecular weight is 169 g/mol. The second-order valence-electron chi connectivity index (χ2n) is 3.62. The first-order chi connectivity index (χ1) is 5.46. The Hall–Kier alpha value is -1.32. The van der Waals surface area contributed by atoms with Crippen molar-refractivity contribution in [1.82, 2.24) is 5.16 Å². The van der Waals surface area contributed by atoms with Gasteiger partial charge in [-0.2, -0.15) is 0 Å². The molecule has 1 aromatic rings. The highest BCUT2D eigenvalue weighted by molar-refractivity contribution is 5.79. The maximum Gasteiger partial charge on any atom is 0.319 e. The van der Waals surface area contributed by atoms with Crippen LogP contribution in [-0.4, -0.2) is 16.5 Å². The van der Waals surface area contributed by atoms with Gasteiger partial charge in [-0.15, -0.1) is 0 Å². The molecule has 0 bridgehead atoms. The molecule has 4 nitrogen and oxygen atoms in total. The van der Waals surface area contributed by atoms with Crippen LogP contribution in [0.25, 0.3) is 0 Å². The molecule has 0 radical (unpaired) electrons. The van der Waals surface area contributed by atoms with Crippen LogP contribution in [0.4, 0.5) is 0 Å². The Bertz CT molecular complexity index is 296. The van der Waals surface area contributed by atoms with E-state index in [1.165, 1.54) is 0 Å². The number of aromatic hydroxyl groups is 1. The summed E-state index contributed by atoms with van der Waals surface area (Å²) < 4.78 is 4.49. The van der Waals surface area contributed by atoms with Crippen LogP contribution in [0.2, 0.25) is 0 Å². The summed E-state index contributed by atoms with van der Waals surface area (Å²) in [6.45, 7) is 5.66. The smallest absolute Gasteiger partial charge is 0.319 e. The molecule has 0 amide bonds. The van der Waals surface area contributed by atoms with E-state index in [-0.39, 0.29) is 11.0 Å². The molecule has 0 saturated carbocycles. The summed E-state index contributed by atoms with van der Waals surface area (Å²) in [5.74, 6) is -0.407. The Morgan fingerprint density at radius 3 is 2.42 bits per heavy atom. The van der Waals surface area contributed by atoms with E-state index in [0.717, 1.165) is 0 Å². The van der Waals surface area contributed by atoms with Gasteiger partial charge >= 0.3 is 5.95 Å². The summed E-state index contributed by atoms with van der Waals surface area (Å²) in [6.07, 6.45) is 0.548. The first-order valence-electron chi connectivity index (χ1n) is 3.61. The summed E-state index contributed by atoms with van der Waals surface area (Å²) in [5.41, 5.74) is 0.332. The van der Waals surface area contributed by atoms with Gasteiger partial charge in [0.05, 0.1) is 0 Å². The van der Waals surface area contributed by atoms with E-state index in [1.807, 2.05) is 20.8 Å².